The monoisotopic (exact) mass is 429 g/mol. The standard InChI is InChI=1S/C15H16N2OS.C7H10.CH5N.CH4O/c18-15(14-4-3-11-19-14)16-12-5-7-13(8-6-12)17-9-1-2-10-17;1-4-5-6-7(2)3;2*1-2/h3-8,11H,1-2,9-10H2,(H,16,18);4-6H,1-2H2,3H3;2H2,1H3;2H,1H3/b;6-5-;;. The third-order valence-electron chi connectivity index (χ3n) is 3.86. The van der Waals surface area contributed by atoms with Crippen LogP contribution in [0.2, 0.25) is 0 Å². The molecule has 1 saturated heterocycles. The molecular weight excluding hydrogens is 394 g/mol. The van der Waals surface area contributed by atoms with Crippen LogP contribution in [-0.2, 0) is 0 Å². The van der Waals surface area contributed by atoms with E-state index in [1.54, 1.807) is 6.08 Å². The molecule has 0 aliphatic carbocycles. The minimum atomic E-state index is -0.0380. The summed E-state index contributed by atoms with van der Waals surface area (Å²) < 4.78 is 0. The van der Waals surface area contributed by atoms with Crippen molar-refractivity contribution in [1.82, 2.24) is 0 Å². The Kier molecular flexibility index (Phi) is 15.7. The SMILES string of the molecule is C=C/C=C\C(=C)C.CN.CO.O=C(Nc1ccc(N2CCCC2)cc1)c1cccs1. The molecule has 0 bridgehead atoms. The van der Waals surface area contributed by atoms with Crippen LogP contribution in [0, 0.1) is 0 Å². The molecule has 1 aliphatic rings. The Labute approximate surface area is 185 Å². The summed E-state index contributed by atoms with van der Waals surface area (Å²) in [4.78, 5) is 15.0. The first-order valence-electron chi connectivity index (χ1n) is 9.77. The Morgan fingerprint density at radius 1 is 1.17 bits per heavy atom. The lowest BCUT2D eigenvalue weighted by Crippen LogP contribution is -2.17. The summed E-state index contributed by atoms with van der Waals surface area (Å²) in [5, 5.41) is 11.8. The molecule has 30 heavy (non-hydrogen) atoms. The Hall–Kier alpha value is -2.67. The maximum Gasteiger partial charge on any atom is 0.265 e. The van der Waals surface area contributed by atoms with Crippen LogP contribution in [0.3, 0.4) is 0 Å². The van der Waals surface area contributed by atoms with E-state index in [1.165, 1.54) is 36.9 Å². The van der Waals surface area contributed by atoms with E-state index < -0.39 is 0 Å². The number of hydrogen-bond acceptors (Lipinski definition) is 5. The number of carbonyl (C=O) groups is 1. The number of amides is 1. The maximum atomic E-state index is 11.9. The molecular formula is C24H35N3O2S. The summed E-state index contributed by atoms with van der Waals surface area (Å²) in [6.07, 6.45) is 8.05. The van der Waals surface area contributed by atoms with Gasteiger partial charge in [0.2, 0.25) is 0 Å². The largest absolute Gasteiger partial charge is 0.400 e. The van der Waals surface area contributed by atoms with Gasteiger partial charge in [-0.15, -0.1) is 11.3 Å². The van der Waals surface area contributed by atoms with Gasteiger partial charge in [0, 0.05) is 31.6 Å². The summed E-state index contributed by atoms with van der Waals surface area (Å²) in [5.74, 6) is -0.0380. The van der Waals surface area contributed by atoms with Gasteiger partial charge in [-0.05, 0) is 62.5 Å². The molecule has 4 N–H and O–H groups in total. The van der Waals surface area contributed by atoms with Crippen molar-refractivity contribution in [2.45, 2.75) is 19.8 Å². The highest BCUT2D eigenvalue weighted by Crippen LogP contribution is 2.22. The summed E-state index contributed by atoms with van der Waals surface area (Å²) in [6.45, 7) is 11.4. The quantitative estimate of drug-likeness (QED) is 0.579. The minimum absolute atomic E-state index is 0.0380. The van der Waals surface area contributed by atoms with Gasteiger partial charge in [-0.3, -0.25) is 4.79 Å². The van der Waals surface area contributed by atoms with Crippen molar-refractivity contribution >= 4 is 28.6 Å². The van der Waals surface area contributed by atoms with Crippen LogP contribution in [-0.4, -0.2) is 38.3 Å². The fourth-order valence-corrected chi connectivity index (χ4v) is 3.18. The molecule has 1 fully saturated rings. The van der Waals surface area contributed by atoms with E-state index in [0.29, 0.717) is 0 Å². The molecule has 0 spiro atoms. The molecule has 3 rings (SSSR count). The number of aliphatic hydroxyl groups is 1. The van der Waals surface area contributed by atoms with E-state index >= 15 is 0 Å². The van der Waals surface area contributed by atoms with Gasteiger partial charge in [0.15, 0.2) is 0 Å². The van der Waals surface area contributed by atoms with Crippen molar-refractivity contribution in [1.29, 1.82) is 0 Å². The molecule has 5 nitrogen and oxygen atoms in total. The molecule has 1 amide bonds. The third kappa shape index (κ3) is 10.8. The second-order valence-corrected chi connectivity index (χ2v) is 7.06. The van der Waals surface area contributed by atoms with E-state index in [1.807, 2.05) is 48.7 Å². The molecule has 0 saturated carbocycles. The molecule has 6 heteroatoms. The van der Waals surface area contributed by atoms with E-state index in [9.17, 15) is 4.79 Å². The zero-order valence-electron chi connectivity index (χ0n) is 18.3. The molecule has 1 aliphatic heterocycles. The van der Waals surface area contributed by atoms with E-state index in [-0.39, 0.29) is 5.91 Å². The Balaban J connectivity index is 0.000000650. The number of nitrogens with two attached hydrogens (primary N) is 1. The van der Waals surface area contributed by atoms with Crippen molar-refractivity contribution in [3.8, 4) is 0 Å². The summed E-state index contributed by atoms with van der Waals surface area (Å²) in [7, 11) is 2.50. The Bertz CT molecular complexity index is 747. The van der Waals surface area contributed by atoms with Gasteiger partial charge in [0.05, 0.1) is 4.88 Å². The minimum Gasteiger partial charge on any atom is -0.400 e. The lowest BCUT2D eigenvalue weighted by molar-refractivity contribution is 0.103. The average molecular weight is 430 g/mol. The van der Waals surface area contributed by atoms with Crippen LogP contribution < -0.4 is 16.0 Å². The number of carbonyl (C=O) groups excluding carboxylic acids is 1. The number of thiophene rings is 1. The number of allylic oxidation sites excluding steroid dienone is 4. The van der Waals surface area contributed by atoms with Crippen molar-refractivity contribution in [3.05, 3.63) is 83.6 Å². The zero-order chi connectivity index (χ0) is 22.8. The van der Waals surface area contributed by atoms with Gasteiger partial charge in [0.1, 0.15) is 0 Å². The van der Waals surface area contributed by atoms with Gasteiger partial charge in [-0.2, -0.15) is 0 Å². The van der Waals surface area contributed by atoms with Crippen LogP contribution in [0.4, 0.5) is 11.4 Å². The second kappa shape index (κ2) is 17.2. The number of nitrogens with zero attached hydrogens (tertiary/aromatic N) is 1. The molecule has 164 valence electrons. The molecule has 1 aromatic heterocycles. The average Bonchev–Trinajstić information content (AvgIpc) is 3.50. The predicted molar refractivity (Wildman–Crippen MR) is 133 cm³/mol. The molecule has 0 radical (unpaired) electrons. The third-order valence-corrected chi connectivity index (χ3v) is 4.73. The van der Waals surface area contributed by atoms with Crippen LogP contribution in [0.1, 0.15) is 29.4 Å². The Morgan fingerprint density at radius 3 is 2.20 bits per heavy atom. The van der Waals surface area contributed by atoms with Crippen LogP contribution in [0.15, 0.2) is 78.7 Å². The highest BCUT2D eigenvalue weighted by molar-refractivity contribution is 7.12. The lowest BCUT2D eigenvalue weighted by Gasteiger charge is -2.17. The Morgan fingerprint density at radius 2 is 1.77 bits per heavy atom. The normalized spacial score (nSPS) is 11.8. The van der Waals surface area contributed by atoms with Gasteiger partial charge in [-0.1, -0.05) is 43.0 Å². The lowest BCUT2D eigenvalue weighted by atomic mass is 10.2. The van der Waals surface area contributed by atoms with Crippen molar-refractivity contribution in [2.75, 3.05) is 37.5 Å². The van der Waals surface area contributed by atoms with Gasteiger partial charge < -0.3 is 21.1 Å². The summed E-state index contributed by atoms with van der Waals surface area (Å²) in [5.41, 5.74) is 7.65. The van der Waals surface area contributed by atoms with Crippen LogP contribution in [0.5, 0.6) is 0 Å². The number of rotatable bonds is 5. The maximum absolute atomic E-state index is 11.9. The molecule has 1 aromatic carbocycles. The highest BCUT2D eigenvalue weighted by atomic mass is 32.1. The summed E-state index contributed by atoms with van der Waals surface area (Å²) >= 11 is 1.45. The van der Waals surface area contributed by atoms with Crippen molar-refractivity contribution < 1.29 is 9.90 Å². The fourth-order valence-electron chi connectivity index (χ4n) is 2.56. The van der Waals surface area contributed by atoms with Gasteiger partial charge >= 0.3 is 0 Å². The molecule has 2 heterocycles. The van der Waals surface area contributed by atoms with Gasteiger partial charge in [0.25, 0.3) is 5.91 Å². The number of hydrogen-bond donors (Lipinski definition) is 3. The van der Waals surface area contributed by atoms with Crippen molar-refractivity contribution in [2.24, 2.45) is 5.73 Å². The first kappa shape index (κ1) is 27.3. The smallest absolute Gasteiger partial charge is 0.265 e. The topological polar surface area (TPSA) is 78.6 Å². The zero-order valence-corrected chi connectivity index (χ0v) is 19.1. The number of aliphatic hydroxyl groups excluding tert-OH is 1. The molecule has 0 atom stereocenters. The molecule has 0 unspecified atom stereocenters. The van der Waals surface area contributed by atoms with E-state index in [2.05, 4.69) is 41.2 Å². The first-order valence-corrected chi connectivity index (χ1v) is 10.6. The van der Waals surface area contributed by atoms with E-state index in [4.69, 9.17) is 5.11 Å². The summed E-state index contributed by atoms with van der Waals surface area (Å²) in [6, 6.07) is 11.8. The van der Waals surface area contributed by atoms with Crippen molar-refractivity contribution in [3.63, 3.8) is 0 Å². The van der Waals surface area contributed by atoms with Gasteiger partial charge in [-0.25, -0.2) is 0 Å². The highest BCUT2D eigenvalue weighted by Gasteiger charge is 2.12. The second-order valence-electron chi connectivity index (χ2n) is 6.11. The fraction of sp³-hybridized carbons (Fsp3) is 0.292. The number of nitrogens with one attached hydrogen (secondary N) is 1. The number of benzene rings is 1. The molecule has 2 aromatic rings. The van der Waals surface area contributed by atoms with E-state index in [0.717, 1.165) is 36.3 Å². The predicted octanol–water partition coefficient (Wildman–Crippen LogP) is 5.09. The van der Waals surface area contributed by atoms with Crippen LogP contribution in [0.25, 0.3) is 0 Å². The first-order chi connectivity index (χ1) is 14.6. The number of anilines is 2. The van der Waals surface area contributed by atoms with Crippen LogP contribution >= 0.6 is 11.3 Å².